The summed E-state index contributed by atoms with van der Waals surface area (Å²) in [5.41, 5.74) is 3.46. The van der Waals surface area contributed by atoms with Gasteiger partial charge in [-0.05, 0) is 42.4 Å². The van der Waals surface area contributed by atoms with Crippen molar-refractivity contribution in [3.05, 3.63) is 36.5 Å². The summed E-state index contributed by atoms with van der Waals surface area (Å²) in [6.45, 7) is 11.8. The zero-order chi connectivity index (χ0) is 7.56. The highest BCUT2D eigenvalue weighted by molar-refractivity contribution is 5.42. The van der Waals surface area contributed by atoms with Crippen molar-refractivity contribution in [3.8, 4) is 0 Å². The van der Waals surface area contributed by atoms with Crippen LogP contribution < -0.4 is 0 Å². The summed E-state index contributed by atoms with van der Waals surface area (Å²) in [4.78, 5) is 0. The lowest BCUT2D eigenvalue weighted by atomic mass is 10.0. The maximum absolute atomic E-state index is 3.95. The first-order chi connectivity index (χ1) is 4.72. The topological polar surface area (TPSA) is 0 Å². The minimum atomic E-state index is 1.09. The second-order valence-corrected chi connectivity index (χ2v) is 2.89. The quantitative estimate of drug-likeness (QED) is 0.446. The first-order valence-corrected chi connectivity index (χ1v) is 3.77. The molecule has 0 unspecified atom stereocenters. The molecule has 1 saturated carbocycles. The maximum Gasteiger partial charge on any atom is -0.0276 e. The van der Waals surface area contributed by atoms with Gasteiger partial charge in [-0.15, -0.1) is 0 Å². The van der Waals surface area contributed by atoms with Crippen LogP contribution in [0.25, 0.3) is 0 Å². The van der Waals surface area contributed by atoms with Crippen LogP contribution in [0.4, 0.5) is 0 Å². The Hall–Kier alpha value is -0.780. The van der Waals surface area contributed by atoms with Crippen LogP contribution in [0.15, 0.2) is 36.5 Å². The van der Waals surface area contributed by atoms with Crippen LogP contribution in [0, 0.1) is 0 Å². The summed E-state index contributed by atoms with van der Waals surface area (Å²) in [5, 5.41) is 0. The van der Waals surface area contributed by atoms with E-state index in [0.717, 1.165) is 18.4 Å². The van der Waals surface area contributed by atoms with Crippen molar-refractivity contribution < 1.29 is 0 Å². The molecule has 10 heavy (non-hydrogen) atoms. The monoisotopic (exact) mass is 134 g/mol. The minimum absolute atomic E-state index is 1.09. The van der Waals surface area contributed by atoms with Gasteiger partial charge in [-0.1, -0.05) is 19.7 Å². The molecule has 54 valence electrons. The molecule has 0 N–H and O–H groups in total. The Morgan fingerprint density at radius 2 is 1.20 bits per heavy atom. The number of hydrogen-bond acceptors (Lipinski definition) is 0. The molecule has 0 aromatic rings. The second kappa shape index (κ2) is 2.87. The fourth-order valence-electron chi connectivity index (χ4n) is 1.23. The van der Waals surface area contributed by atoms with Crippen LogP contribution in [-0.4, -0.2) is 0 Å². The highest BCUT2D eigenvalue weighted by Crippen LogP contribution is 2.27. The van der Waals surface area contributed by atoms with Gasteiger partial charge < -0.3 is 0 Å². The summed E-state index contributed by atoms with van der Waals surface area (Å²) < 4.78 is 0. The third-order valence-corrected chi connectivity index (χ3v) is 2.06. The van der Waals surface area contributed by atoms with Crippen molar-refractivity contribution in [3.63, 3.8) is 0 Å². The van der Waals surface area contributed by atoms with Crippen molar-refractivity contribution in [2.24, 2.45) is 0 Å². The average molecular weight is 134 g/mol. The number of hydrogen-bond donors (Lipinski definition) is 0. The Labute approximate surface area is 62.9 Å². The fraction of sp³-hybridized carbons (Fsp3) is 0.400. The van der Waals surface area contributed by atoms with E-state index in [-0.39, 0.29) is 0 Å². The first-order valence-electron chi connectivity index (χ1n) is 3.77. The lowest BCUT2D eigenvalue weighted by Crippen LogP contribution is -1.84. The Balaban J connectivity index is 2.74. The predicted molar refractivity (Wildman–Crippen MR) is 45.9 cm³/mol. The molecule has 0 bridgehead atoms. The number of allylic oxidation sites excluding steroid dienone is 3. The zero-order valence-electron chi connectivity index (χ0n) is 6.45. The Morgan fingerprint density at radius 1 is 0.800 bits per heavy atom. The van der Waals surface area contributed by atoms with E-state index in [1.54, 1.807) is 0 Å². The minimum Gasteiger partial charge on any atom is -0.0952 e. The highest BCUT2D eigenvalue weighted by atomic mass is 14.1. The van der Waals surface area contributed by atoms with E-state index < -0.39 is 0 Å². The molecule has 1 fully saturated rings. The molecule has 0 radical (unpaired) electrons. The van der Waals surface area contributed by atoms with Gasteiger partial charge in [0.2, 0.25) is 0 Å². The van der Waals surface area contributed by atoms with Gasteiger partial charge in [-0.25, -0.2) is 0 Å². The van der Waals surface area contributed by atoms with Crippen LogP contribution >= 0.6 is 0 Å². The van der Waals surface area contributed by atoms with Crippen molar-refractivity contribution in [1.82, 2.24) is 0 Å². The largest absolute Gasteiger partial charge is 0.0952 e. The average Bonchev–Trinajstić information content (AvgIpc) is 2.04. The molecule has 1 aliphatic rings. The molecule has 1 rings (SSSR count). The van der Waals surface area contributed by atoms with Crippen molar-refractivity contribution in [1.29, 1.82) is 0 Å². The van der Waals surface area contributed by atoms with Crippen molar-refractivity contribution in [2.45, 2.75) is 25.7 Å². The van der Waals surface area contributed by atoms with Crippen molar-refractivity contribution >= 4 is 0 Å². The molecule has 0 heteroatoms. The molecule has 0 spiro atoms. The van der Waals surface area contributed by atoms with E-state index in [1.807, 2.05) is 0 Å². The standard InChI is InChI=1S/C10H14/c1-8-6-4-5-7-9(2)10(8)3/h1-7H2. The van der Waals surface area contributed by atoms with E-state index in [4.69, 9.17) is 0 Å². The molecule has 0 aliphatic heterocycles. The smallest absolute Gasteiger partial charge is 0.0276 e. The lowest BCUT2D eigenvalue weighted by Gasteiger charge is -2.04. The Morgan fingerprint density at radius 3 is 1.60 bits per heavy atom. The molecule has 0 aromatic carbocycles. The lowest BCUT2D eigenvalue weighted by molar-refractivity contribution is 0.764. The van der Waals surface area contributed by atoms with Gasteiger partial charge in [0.1, 0.15) is 0 Å². The summed E-state index contributed by atoms with van der Waals surface area (Å²) >= 11 is 0. The summed E-state index contributed by atoms with van der Waals surface area (Å²) in [5.74, 6) is 0. The molecular formula is C10H14. The van der Waals surface area contributed by atoms with E-state index in [1.165, 1.54) is 24.0 Å². The highest BCUT2D eigenvalue weighted by Gasteiger charge is 2.08. The normalized spacial score (nSPS) is 21.0. The van der Waals surface area contributed by atoms with Crippen LogP contribution in [0.3, 0.4) is 0 Å². The summed E-state index contributed by atoms with van der Waals surface area (Å²) in [6.07, 6.45) is 4.71. The van der Waals surface area contributed by atoms with Crippen LogP contribution in [0.1, 0.15) is 25.7 Å². The molecule has 0 aromatic heterocycles. The zero-order valence-corrected chi connectivity index (χ0v) is 6.45. The van der Waals surface area contributed by atoms with Crippen LogP contribution in [0.5, 0.6) is 0 Å². The molecule has 1 aliphatic carbocycles. The van der Waals surface area contributed by atoms with Gasteiger partial charge >= 0.3 is 0 Å². The van der Waals surface area contributed by atoms with E-state index >= 15 is 0 Å². The third-order valence-electron chi connectivity index (χ3n) is 2.06. The van der Waals surface area contributed by atoms with Gasteiger partial charge in [0.05, 0.1) is 0 Å². The van der Waals surface area contributed by atoms with Gasteiger partial charge in [0.15, 0.2) is 0 Å². The third kappa shape index (κ3) is 1.38. The molecular weight excluding hydrogens is 120 g/mol. The van der Waals surface area contributed by atoms with Crippen molar-refractivity contribution in [2.75, 3.05) is 0 Å². The van der Waals surface area contributed by atoms with Crippen LogP contribution in [0.2, 0.25) is 0 Å². The van der Waals surface area contributed by atoms with E-state index in [0.29, 0.717) is 0 Å². The number of rotatable bonds is 0. The van der Waals surface area contributed by atoms with Gasteiger partial charge in [0.25, 0.3) is 0 Å². The summed E-state index contributed by atoms with van der Waals surface area (Å²) in [6, 6.07) is 0. The second-order valence-electron chi connectivity index (χ2n) is 2.89. The maximum atomic E-state index is 3.95. The molecule has 0 heterocycles. The molecule has 0 atom stereocenters. The van der Waals surface area contributed by atoms with Gasteiger partial charge in [-0.2, -0.15) is 0 Å². The summed E-state index contributed by atoms with van der Waals surface area (Å²) in [7, 11) is 0. The van der Waals surface area contributed by atoms with Gasteiger partial charge in [-0.3, -0.25) is 0 Å². The first kappa shape index (κ1) is 7.33. The molecule has 0 amide bonds. The van der Waals surface area contributed by atoms with E-state index in [2.05, 4.69) is 19.7 Å². The van der Waals surface area contributed by atoms with Gasteiger partial charge in [0, 0.05) is 0 Å². The fourth-order valence-corrected chi connectivity index (χ4v) is 1.23. The Bertz CT molecular complexity index is 164. The van der Waals surface area contributed by atoms with E-state index in [9.17, 15) is 0 Å². The molecule has 0 nitrogen and oxygen atoms in total. The Kier molecular flexibility index (Phi) is 2.10. The SMILES string of the molecule is C=C1CCCCC(=C)C1=C. The molecule has 0 saturated heterocycles. The van der Waals surface area contributed by atoms with Crippen LogP contribution in [-0.2, 0) is 0 Å². The predicted octanol–water partition coefficient (Wildman–Crippen LogP) is 3.23.